The molecule has 0 aliphatic rings. The van der Waals surface area contributed by atoms with E-state index in [2.05, 4.69) is 22.8 Å². The normalized spacial score (nSPS) is 10.1. The highest BCUT2D eigenvalue weighted by molar-refractivity contribution is 7.80. The molecule has 0 atom stereocenters. The predicted octanol–water partition coefficient (Wildman–Crippen LogP) is 4.27. The van der Waals surface area contributed by atoms with Crippen molar-refractivity contribution in [3.8, 4) is 5.75 Å². The van der Waals surface area contributed by atoms with Crippen LogP contribution in [0.2, 0.25) is 5.02 Å². The number of ether oxygens (including phenoxy) is 1. The molecule has 0 amide bonds. The Morgan fingerprint density at radius 1 is 1.09 bits per heavy atom. The standard InChI is InChI=1S/C17H19ClN2OS/c1-21-16-10-4-13(5-11-16)3-2-12-19-17(22)20-15-8-6-14(18)7-9-15/h4-11H,2-3,12H2,1H3,(H2,19,20,22). The maximum Gasteiger partial charge on any atom is 0.170 e. The van der Waals surface area contributed by atoms with Gasteiger partial charge < -0.3 is 15.4 Å². The molecule has 0 bridgehead atoms. The Balaban J connectivity index is 1.67. The Morgan fingerprint density at radius 3 is 2.41 bits per heavy atom. The highest BCUT2D eigenvalue weighted by Crippen LogP contribution is 2.13. The molecule has 0 saturated heterocycles. The van der Waals surface area contributed by atoms with Gasteiger partial charge in [0.15, 0.2) is 5.11 Å². The second kappa shape index (κ2) is 8.61. The van der Waals surface area contributed by atoms with Gasteiger partial charge in [-0.15, -0.1) is 0 Å². The van der Waals surface area contributed by atoms with Gasteiger partial charge in [-0.25, -0.2) is 0 Å². The number of rotatable bonds is 6. The first-order valence-electron chi connectivity index (χ1n) is 7.11. The number of aryl methyl sites for hydroxylation is 1. The van der Waals surface area contributed by atoms with Gasteiger partial charge in [-0.2, -0.15) is 0 Å². The number of benzene rings is 2. The Labute approximate surface area is 141 Å². The SMILES string of the molecule is COc1ccc(CCCNC(=S)Nc2ccc(Cl)cc2)cc1. The van der Waals surface area contributed by atoms with E-state index in [9.17, 15) is 0 Å². The molecule has 0 radical (unpaired) electrons. The topological polar surface area (TPSA) is 33.3 Å². The maximum absolute atomic E-state index is 5.84. The summed E-state index contributed by atoms with van der Waals surface area (Å²) >= 11 is 11.1. The molecule has 0 heterocycles. The van der Waals surface area contributed by atoms with Crippen LogP contribution in [0, 0.1) is 0 Å². The molecule has 5 heteroatoms. The number of nitrogens with one attached hydrogen (secondary N) is 2. The van der Waals surface area contributed by atoms with Crippen LogP contribution in [-0.2, 0) is 6.42 Å². The second-order valence-corrected chi connectivity index (χ2v) is 5.68. The van der Waals surface area contributed by atoms with E-state index >= 15 is 0 Å². The Hall–Kier alpha value is -1.78. The van der Waals surface area contributed by atoms with Crippen molar-refractivity contribution in [3.63, 3.8) is 0 Å². The summed E-state index contributed by atoms with van der Waals surface area (Å²) in [5, 5.41) is 7.66. The van der Waals surface area contributed by atoms with Gasteiger partial charge >= 0.3 is 0 Å². The first kappa shape index (κ1) is 16.6. The molecule has 2 rings (SSSR count). The van der Waals surface area contributed by atoms with Crippen molar-refractivity contribution in [2.45, 2.75) is 12.8 Å². The molecule has 2 aromatic rings. The lowest BCUT2D eigenvalue weighted by atomic mass is 10.1. The van der Waals surface area contributed by atoms with Gasteiger partial charge in [0.2, 0.25) is 0 Å². The van der Waals surface area contributed by atoms with E-state index in [1.807, 2.05) is 36.4 Å². The number of hydrogen-bond acceptors (Lipinski definition) is 2. The summed E-state index contributed by atoms with van der Waals surface area (Å²) in [5.41, 5.74) is 2.22. The first-order chi connectivity index (χ1) is 10.7. The molecular formula is C17H19ClN2OS. The van der Waals surface area contributed by atoms with E-state index < -0.39 is 0 Å². The van der Waals surface area contributed by atoms with Crippen LogP contribution in [-0.4, -0.2) is 18.8 Å². The molecule has 22 heavy (non-hydrogen) atoms. The van der Waals surface area contributed by atoms with E-state index in [0.29, 0.717) is 10.1 Å². The smallest absolute Gasteiger partial charge is 0.170 e. The van der Waals surface area contributed by atoms with Gasteiger partial charge in [0.25, 0.3) is 0 Å². The molecule has 3 nitrogen and oxygen atoms in total. The largest absolute Gasteiger partial charge is 0.497 e. The van der Waals surface area contributed by atoms with Gasteiger partial charge in [0.05, 0.1) is 7.11 Å². The molecule has 0 fully saturated rings. The summed E-state index contributed by atoms with van der Waals surface area (Å²) in [5.74, 6) is 0.884. The predicted molar refractivity (Wildman–Crippen MR) is 97.0 cm³/mol. The summed E-state index contributed by atoms with van der Waals surface area (Å²) in [6, 6.07) is 15.6. The molecular weight excluding hydrogens is 316 g/mol. The fourth-order valence-corrected chi connectivity index (χ4v) is 2.34. The summed E-state index contributed by atoms with van der Waals surface area (Å²) in [6.07, 6.45) is 2.01. The number of hydrogen-bond donors (Lipinski definition) is 2. The Bertz CT molecular complexity index is 599. The van der Waals surface area contributed by atoms with Crippen LogP contribution in [0.5, 0.6) is 5.75 Å². The van der Waals surface area contributed by atoms with Crippen LogP contribution < -0.4 is 15.4 Å². The van der Waals surface area contributed by atoms with Crippen LogP contribution in [0.15, 0.2) is 48.5 Å². The van der Waals surface area contributed by atoms with Crippen molar-refractivity contribution in [3.05, 3.63) is 59.1 Å². The molecule has 0 aliphatic heterocycles. The monoisotopic (exact) mass is 334 g/mol. The third-order valence-electron chi connectivity index (χ3n) is 3.19. The highest BCUT2D eigenvalue weighted by Gasteiger charge is 1.98. The van der Waals surface area contributed by atoms with Gasteiger partial charge in [-0.05, 0) is 67.0 Å². The second-order valence-electron chi connectivity index (χ2n) is 4.84. The zero-order valence-electron chi connectivity index (χ0n) is 12.4. The molecule has 2 N–H and O–H groups in total. The van der Waals surface area contributed by atoms with Crippen molar-refractivity contribution in [2.24, 2.45) is 0 Å². The average Bonchev–Trinajstić information content (AvgIpc) is 2.54. The minimum Gasteiger partial charge on any atom is -0.497 e. The van der Waals surface area contributed by atoms with Crippen LogP contribution in [0.1, 0.15) is 12.0 Å². The van der Waals surface area contributed by atoms with Crippen molar-refractivity contribution in [1.82, 2.24) is 5.32 Å². The van der Waals surface area contributed by atoms with Crippen molar-refractivity contribution in [2.75, 3.05) is 19.0 Å². The molecule has 0 aliphatic carbocycles. The van der Waals surface area contributed by atoms with E-state index in [0.717, 1.165) is 30.8 Å². The number of halogens is 1. The molecule has 2 aromatic carbocycles. The molecule has 116 valence electrons. The van der Waals surface area contributed by atoms with E-state index in [1.165, 1.54) is 5.56 Å². The highest BCUT2D eigenvalue weighted by atomic mass is 35.5. The zero-order valence-corrected chi connectivity index (χ0v) is 14.0. The summed E-state index contributed by atoms with van der Waals surface area (Å²) < 4.78 is 5.14. The van der Waals surface area contributed by atoms with Crippen LogP contribution in [0.25, 0.3) is 0 Å². The van der Waals surface area contributed by atoms with E-state index in [-0.39, 0.29) is 0 Å². The lowest BCUT2D eigenvalue weighted by Crippen LogP contribution is -2.29. The van der Waals surface area contributed by atoms with Gasteiger partial charge in [-0.3, -0.25) is 0 Å². The minimum absolute atomic E-state index is 0.622. The molecule has 0 aromatic heterocycles. The summed E-state index contributed by atoms with van der Waals surface area (Å²) in [6.45, 7) is 0.825. The molecule has 0 unspecified atom stereocenters. The fraction of sp³-hybridized carbons (Fsp3) is 0.235. The van der Waals surface area contributed by atoms with Crippen molar-refractivity contribution in [1.29, 1.82) is 0 Å². The lowest BCUT2D eigenvalue weighted by Gasteiger charge is -2.10. The Morgan fingerprint density at radius 2 is 1.77 bits per heavy atom. The van der Waals surface area contributed by atoms with Gasteiger partial charge in [0.1, 0.15) is 5.75 Å². The van der Waals surface area contributed by atoms with Crippen LogP contribution >= 0.6 is 23.8 Å². The third-order valence-corrected chi connectivity index (χ3v) is 3.69. The number of anilines is 1. The maximum atomic E-state index is 5.84. The Kier molecular flexibility index (Phi) is 6.49. The summed E-state index contributed by atoms with van der Waals surface area (Å²) in [4.78, 5) is 0. The van der Waals surface area contributed by atoms with E-state index in [1.54, 1.807) is 7.11 Å². The fourth-order valence-electron chi connectivity index (χ4n) is 2.00. The zero-order chi connectivity index (χ0) is 15.8. The average molecular weight is 335 g/mol. The first-order valence-corrected chi connectivity index (χ1v) is 7.89. The lowest BCUT2D eigenvalue weighted by molar-refractivity contribution is 0.414. The van der Waals surface area contributed by atoms with Crippen molar-refractivity contribution >= 4 is 34.6 Å². The van der Waals surface area contributed by atoms with Crippen LogP contribution in [0.3, 0.4) is 0 Å². The van der Waals surface area contributed by atoms with E-state index in [4.69, 9.17) is 28.6 Å². The van der Waals surface area contributed by atoms with Gasteiger partial charge in [0, 0.05) is 17.3 Å². The van der Waals surface area contributed by atoms with Crippen LogP contribution in [0.4, 0.5) is 5.69 Å². The van der Waals surface area contributed by atoms with Crippen molar-refractivity contribution < 1.29 is 4.74 Å². The third kappa shape index (κ3) is 5.54. The van der Waals surface area contributed by atoms with Gasteiger partial charge in [-0.1, -0.05) is 23.7 Å². The number of thiocarbonyl (C=S) groups is 1. The quantitative estimate of drug-likeness (QED) is 0.610. The summed E-state index contributed by atoms with van der Waals surface area (Å²) in [7, 11) is 1.67. The number of methoxy groups -OCH3 is 1. The minimum atomic E-state index is 0.622. The molecule has 0 spiro atoms. The molecule has 0 saturated carbocycles.